The largest absolute Gasteiger partial charge is 0.469 e. The van der Waals surface area contributed by atoms with Gasteiger partial charge >= 0.3 is 5.97 Å². The maximum atomic E-state index is 12.1. The number of fused-ring (bicyclic) bond motifs is 3. The number of rotatable bonds is 4. The van der Waals surface area contributed by atoms with E-state index in [1.165, 1.54) is 108 Å². The first-order valence-electron chi connectivity index (χ1n) is 13.9. The summed E-state index contributed by atoms with van der Waals surface area (Å²) in [7, 11) is 1.51. The van der Waals surface area contributed by atoms with Crippen molar-refractivity contribution in [2.75, 3.05) is 18.6 Å². The summed E-state index contributed by atoms with van der Waals surface area (Å²) >= 11 is 0. The zero-order valence-electron chi connectivity index (χ0n) is 20.7. The summed E-state index contributed by atoms with van der Waals surface area (Å²) in [5, 5.41) is 0. The van der Waals surface area contributed by atoms with Crippen molar-refractivity contribution in [2.24, 2.45) is 0 Å². The van der Waals surface area contributed by atoms with Crippen molar-refractivity contribution in [1.82, 2.24) is 4.90 Å². The summed E-state index contributed by atoms with van der Waals surface area (Å²) in [5.74, 6) is 0.184. The number of nitrogens with zero attached hydrogens (tertiary/aromatic N) is 2. The van der Waals surface area contributed by atoms with Crippen molar-refractivity contribution in [3.05, 3.63) is 29.8 Å². The Morgan fingerprint density at radius 1 is 0.818 bits per heavy atom. The number of anilines is 1. The van der Waals surface area contributed by atoms with Crippen molar-refractivity contribution in [3.63, 3.8) is 0 Å². The maximum Gasteiger partial charge on any atom is 0.306 e. The topological polar surface area (TPSA) is 32.8 Å². The SMILES string of the molecule is COC(=O)CC1CN(C2C[C@H]3CCC[C@@H](C2)N3C2CCCCCCCCC2)c2ccccc21. The normalized spacial score (nSPS) is 31.7. The Morgan fingerprint density at radius 3 is 2.09 bits per heavy atom. The molecule has 4 atom stereocenters. The Balaban J connectivity index is 1.31. The average molecular weight is 453 g/mol. The van der Waals surface area contributed by atoms with E-state index in [0.717, 1.165) is 24.7 Å². The van der Waals surface area contributed by atoms with Crippen LogP contribution >= 0.6 is 0 Å². The third-order valence-corrected chi connectivity index (χ3v) is 9.19. The van der Waals surface area contributed by atoms with Crippen LogP contribution in [-0.4, -0.2) is 48.7 Å². The van der Waals surface area contributed by atoms with Gasteiger partial charge in [0.2, 0.25) is 0 Å². The number of para-hydroxylation sites is 1. The number of carbonyl (C=O) groups is 1. The van der Waals surface area contributed by atoms with Gasteiger partial charge in [-0.15, -0.1) is 0 Å². The van der Waals surface area contributed by atoms with Crippen molar-refractivity contribution in [2.45, 2.75) is 126 Å². The van der Waals surface area contributed by atoms with Gasteiger partial charge in [0.05, 0.1) is 13.5 Å². The average Bonchev–Trinajstić information content (AvgIpc) is 3.20. The molecule has 1 aromatic rings. The standard InChI is InChI=1S/C29H44N2O2/c1-33-29(32)18-22-21-30(28-17-10-9-16-27(22)28)26-19-24-14-11-15-25(20-26)31(24)23-12-7-5-3-2-4-6-8-13-23/h9-10,16-17,22-26H,2-8,11-15,18-21H2,1H3/t22?,24-,25+,26?. The Hall–Kier alpha value is -1.55. The van der Waals surface area contributed by atoms with Gasteiger partial charge in [-0.3, -0.25) is 9.69 Å². The van der Waals surface area contributed by atoms with Crippen molar-refractivity contribution in [1.29, 1.82) is 0 Å². The molecule has 1 aromatic carbocycles. The Labute approximate surface area is 201 Å². The molecule has 3 fully saturated rings. The molecule has 5 rings (SSSR count). The van der Waals surface area contributed by atoms with Gasteiger partial charge in [-0.05, 0) is 50.2 Å². The molecule has 182 valence electrons. The molecule has 3 heterocycles. The van der Waals surface area contributed by atoms with Crippen molar-refractivity contribution in [3.8, 4) is 0 Å². The second kappa shape index (κ2) is 10.8. The molecule has 33 heavy (non-hydrogen) atoms. The van der Waals surface area contributed by atoms with Crippen molar-refractivity contribution >= 4 is 11.7 Å². The minimum Gasteiger partial charge on any atom is -0.469 e. The van der Waals surface area contributed by atoms with Crippen LogP contribution in [0.5, 0.6) is 0 Å². The van der Waals surface area contributed by atoms with E-state index in [1.807, 2.05) is 0 Å². The predicted molar refractivity (Wildman–Crippen MR) is 135 cm³/mol. The number of hydrogen-bond acceptors (Lipinski definition) is 4. The molecule has 0 N–H and O–H groups in total. The Kier molecular flexibility index (Phi) is 7.59. The number of hydrogen-bond donors (Lipinski definition) is 0. The minimum atomic E-state index is -0.0839. The zero-order chi connectivity index (χ0) is 22.6. The van der Waals surface area contributed by atoms with E-state index in [0.29, 0.717) is 12.5 Å². The van der Waals surface area contributed by atoms with Crippen LogP contribution in [0, 0.1) is 0 Å². The fraction of sp³-hybridized carbons (Fsp3) is 0.759. The van der Waals surface area contributed by atoms with Gasteiger partial charge in [0.25, 0.3) is 0 Å². The molecule has 0 aromatic heterocycles. The Morgan fingerprint density at radius 2 is 1.42 bits per heavy atom. The number of esters is 1. The lowest BCUT2D eigenvalue weighted by Gasteiger charge is -2.54. The number of methoxy groups -OCH3 is 1. The van der Waals surface area contributed by atoms with E-state index in [1.54, 1.807) is 0 Å². The maximum absolute atomic E-state index is 12.1. The third kappa shape index (κ3) is 5.11. The second-order valence-corrected chi connectivity index (χ2v) is 11.2. The highest BCUT2D eigenvalue weighted by molar-refractivity contribution is 5.73. The molecule has 0 radical (unpaired) electrons. The predicted octanol–water partition coefficient (Wildman–Crippen LogP) is 6.43. The molecular weight excluding hydrogens is 408 g/mol. The molecular formula is C29H44N2O2. The molecule has 1 saturated carbocycles. The lowest BCUT2D eigenvalue weighted by molar-refractivity contribution is -0.141. The molecule has 1 aliphatic carbocycles. The zero-order valence-corrected chi connectivity index (χ0v) is 20.7. The molecule has 4 nitrogen and oxygen atoms in total. The van der Waals surface area contributed by atoms with Crippen LogP contribution in [0.15, 0.2) is 24.3 Å². The number of carbonyl (C=O) groups excluding carboxylic acids is 1. The van der Waals surface area contributed by atoms with Crippen LogP contribution in [-0.2, 0) is 9.53 Å². The quantitative estimate of drug-likeness (QED) is 0.493. The van der Waals surface area contributed by atoms with Crippen LogP contribution in [0.25, 0.3) is 0 Å². The third-order valence-electron chi connectivity index (χ3n) is 9.19. The van der Waals surface area contributed by atoms with Crippen LogP contribution in [0.1, 0.15) is 108 Å². The molecule has 2 saturated heterocycles. The van der Waals surface area contributed by atoms with E-state index < -0.39 is 0 Å². The van der Waals surface area contributed by atoms with Gasteiger partial charge in [-0.25, -0.2) is 0 Å². The molecule has 3 aliphatic heterocycles. The highest BCUT2D eigenvalue weighted by Crippen LogP contribution is 2.45. The lowest BCUT2D eigenvalue weighted by atomic mass is 9.78. The van der Waals surface area contributed by atoms with Gasteiger partial charge in [-0.2, -0.15) is 0 Å². The molecule has 0 spiro atoms. The smallest absolute Gasteiger partial charge is 0.306 e. The number of piperidine rings is 2. The van der Waals surface area contributed by atoms with Gasteiger partial charge in [0.1, 0.15) is 0 Å². The van der Waals surface area contributed by atoms with E-state index >= 15 is 0 Å². The van der Waals surface area contributed by atoms with Gasteiger partial charge in [0, 0.05) is 42.3 Å². The fourth-order valence-electron chi connectivity index (χ4n) is 7.66. The van der Waals surface area contributed by atoms with E-state index in [2.05, 4.69) is 34.1 Å². The highest BCUT2D eigenvalue weighted by atomic mass is 16.5. The minimum absolute atomic E-state index is 0.0839. The first-order chi connectivity index (χ1) is 16.2. The van der Waals surface area contributed by atoms with Gasteiger partial charge in [-0.1, -0.05) is 69.6 Å². The van der Waals surface area contributed by atoms with Gasteiger partial charge in [0.15, 0.2) is 0 Å². The molecule has 0 amide bonds. The number of benzene rings is 1. The van der Waals surface area contributed by atoms with E-state index in [9.17, 15) is 4.79 Å². The summed E-state index contributed by atoms with van der Waals surface area (Å²) in [5.41, 5.74) is 2.73. The van der Waals surface area contributed by atoms with E-state index in [-0.39, 0.29) is 11.9 Å². The summed E-state index contributed by atoms with van der Waals surface area (Å²) in [4.78, 5) is 17.8. The van der Waals surface area contributed by atoms with Crippen LogP contribution < -0.4 is 4.90 Å². The monoisotopic (exact) mass is 452 g/mol. The van der Waals surface area contributed by atoms with Crippen LogP contribution in [0.4, 0.5) is 5.69 Å². The molecule has 4 aliphatic rings. The molecule has 2 unspecified atom stereocenters. The van der Waals surface area contributed by atoms with Crippen LogP contribution in [0.2, 0.25) is 0 Å². The van der Waals surface area contributed by atoms with Crippen LogP contribution in [0.3, 0.4) is 0 Å². The fourth-order valence-corrected chi connectivity index (χ4v) is 7.66. The summed E-state index contributed by atoms with van der Waals surface area (Å²) < 4.78 is 5.02. The summed E-state index contributed by atoms with van der Waals surface area (Å²) in [6.45, 7) is 0.974. The van der Waals surface area contributed by atoms with E-state index in [4.69, 9.17) is 4.74 Å². The number of ether oxygens (including phenoxy) is 1. The Bertz CT molecular complexity index is 772. The summed E-state index contributed by atoms with van der Waals surface area (Å²) in [6.07, 6.45) is 20.2. The van der Waals surface area contributed by atoms with Gasteiger partial charge < -0.3 is 9.64 Å². The lowest BCUT2D eigenvalue weighted by Crippen LogP contribution is -2.60. The first kappa shape index (κ1) is 23.2. The molecule has 4 heteroatoms. The highest BCUT2D eigenvalue weighted by Gasteiger charge is 2.44. The van der Waals surface area contributed by atoms with Crippen molar-refractivity contribution < 1.29 is 9.53 Å². The molecule has 2 bridgehead atoms. The second-order valence-electron chi connectivity index (χ2n) is 11.2. The summed E-state index contributed by atoms with van der Waals surface area (Å²) in [6, 6.07) is 11.8. The first-order valence-corrected chi connectivity index (χ1v) is 13.9.